The summed E-state index contributed by atoms with van der Waals surface area (Å²) in [5.74, 6) is 0.562. The number of aromatic nitrogens is 3. The molecular formula is C15H19N3O3S. The Morgan fingerprint density at radius 1 is 1.50 bits per heavy atom. The third-order valence-electron chi connectivity index (χ3n) is 3.15. The molecule has 0 saturated heterocycles. The molecule has 118 valence electrons. The van der Waals surface area contributed by atoms with Crippen LogP contribution < -0.4 is 4.74 Å². The van der Waals surface area contributed by atoms with Crippen LogP contribution in [0.3, 0.4) is 0 Å². The lowest BCUT2D eigenvalue weighted by molar-refractivity contribution is -0.141. The standard InChI is InChI=1S/C15H19N3O3S/c1-3-5-14(15(19)20)18-9-11(16-17-18)10-22-13-7-4-6-12(8-13)21-2/h4,6-9,14H,3,5,10H2,1-2H3,(H,19,20)/t14-/m1/s1. The molecule has 0 aliphatic rings. The minimum absolute atomic E-state index is 0.543. The highest BCUT2D eigenvalue weighted by Crippen LogP contribution is 2.25. The quantitative estimate of drug-likeness (QED) is 0.753. The van der Waals surface area contributed by atoms with E-state index in [0.717, 1.165) is 22.8 Å². The molecule has 0 bridgehead atoms. The second-order valence-corrected chi connectivity index (χ2v) is 5.85. The Morgan fingerprint density at radius 2 is 2.32 bits per heavy atom. The maximum atomic E-state index is 11.2. The summed E-state index contributed by atoms with van der Waals surface area (Å²) >= 11 is 1.61. The zero-order valence-corrected chi connectivity index (χ0v) is 13.4. The van der Waals surface area contributed by atoms with Gasteiger partial charge in [-0.05, 0) is 24.6 Å². The van der Waals surface area contributed by atoms with Gasteiger partial charge in [-0.25, -0.2) is 9.48 Å². The molecule has 2 aromatic rings. The summed E-state index contributed by atoms with van der Waals surface area (Å²) in [6.45, 7) is 1.95. The van der Waals surface area contributed by atoms with Crippen LogP contribution in [-0.2, 0) is 10.5 Å². The second-order valence-electron chi connectivity index (χ2n) is 4.80. The van der Waals surface area contributed by atoms with Crippen LogP contribution in [0.1, 0.15) is 31.5 Å². The first-order chi connectivity index (χ1) is 10.6. The van der Waals surface area contributed by atoms with Crippen LogP contribution >= 0.6 is 11.8 Å². The molecule has 0 aliphatic carbocycles. The molecule has 0 aliphatic heterocycles. The van der Waals surface area contributed by atoms with Crippen molar-refractivity contribution in [3.8, 4) is 5.75 Å². The molecule has 7 heteroatoms. The van der Waals surface area contributed by atoms with E-state index in [9.17, 15) is 9.90 Å². The molecule has 0 spiro atoms. The molecule has 1 aromatic heterocycles. The Hall–Kier alpha value is -2.02. The topological polar surface area (TPSA) is 77.2 Å². The van der Waals surface area contributed by atoms with Gasteiger partial charge in [0.2, 0.25) is 0 Å². The number of nitrogens with zero attached hydrogens (tertiary/aromatic N) is 3. The maximum absolute atomic E-state index is 11.2. The van der Waals surface area contributed by atoms with E-state index >= 15 is 0 Å². The lowest BCUT2D eigenvalue weighted by Gasteiger charge is -2.09. The van der Waals surface area contributed by atoms with Crippen molar-refractivity contribution in [3.63, 3.8) is 0 Å². The molecule has 6 nitrogen and oxygen atoms in total. The van der Waals surface area contributed by atoms with Crippen molar-refractivity contribution >= 4 is 17.7 Å². The van der Waals surface area contributed by atoms with Crippen molar-refractivity contribution in [2.45, 2.75) is 36.5 Å². The Kier molecular flexibility index (Phi) is 5.83. The molecule has 0 amide bonds. The lowest BCUT2D eigenvalue weighted by Crippen LogP contribution is -2.19. The van der Waals surface area contributed by atoms with Gasteiger partial charge in [0.1, 0.15) is 5.75 Å². The number of carboxylic acid groups (broad SMARTS) is 1. The largest absolute Gasteiger partial charge is 0.497 e. The van der Waals surface area contributed by atoms with E-state index in [0.29, 0.717) is 12.2 Å². The lowest BCUT2D eigenvalue weighted by atomic mass is 10.2. The van der Waals surface area contributed by atoms with Crippen molar-refractivity contribution in [3.05, 3.63) is 36.2 Å². The zero-order chi connectivity index (χ0) is 15.9. The molecule has 0 unspecified atom stereocenters. The fraction of sp³-hybridized carbons (Fsp3) is 0.400. The SMILES string of the molecule is CCC[C@H](C(=O)O)n1cc(CSc2cccc(OC)c2)nn1. The van der Waals surface area contributed by atoms with Gasteiger partial charge in [-0.15, -0.1) is 16.9 Å². The van der Waals surface area contributed by atoms with Gasteiger partial charge in [0, 0.05) is 10.6 Å². The average Bonchev–Trinajstić information content (AvgIpc) is 2.99. The highest BCUT2D eigenvalue weighted by atomic mass is 32.2. The third-order valence-corrected chi connectivity index (χ3v) is 4.18. The molecule has 0 radical (unpaired) electrons. The fourth-order valence-electron chi connectivity index (χ4n) is 2.02. The van der Waals surface area contributed by atoms with Crippen molar-refractivity contribution in [2.75, 3.05) is 7.11 Å². The Bertz CT molecular complexity index is 630. The zero-order valence-electron chi connectivity index (χ0n) is 12.6. The fourth-order valence-corrected chi connectivity index (χ4v) is 2.84. The highest BCUT2D eigenvalue weighted by molar-refractivity contribution is 7.98. The van der Waals surface area contributed by atoms with Crippen molar-refractivity contribution in [1.82, 2.24) is 15.0 Å². The van der Waals surface area contributed by atoms with Crippen LogP contribution in [0.25, 0.3) is 0 Å². The number of benzene rings is 1. The first kappa shape index (κ1) is 16.4. The van der Waals surface area contributed by atoms with Gasteiger partial charge in [-0.3, -0.25) is 0 Å². The van der Waals surface area contributed by atoms with Gasteiger partial charge in [-0.2, -0.15) is 0 Å². The number of carbonyl (C=O) groups is 1. The molecule has 1 aromatic carbocycles. The van der Waals surface area contributed by atoms with E-state index in [1.165, 1.54) is 4.68 Å². The van der Waals surface area contributed by atoms with Crippen molar-refractivity contribution < 1.29 is 14.6 Å². The van der Waals surface area contributed by atoms with Crippen molar-refractivity contribution in [1.29, 1.82) is 0 Å². The number of aliphatic carboxylic acids is 1. The number of ether oxygens (including phenoxy) is 1. The molecule has 2 rings (SSSR count). The summed E-state index contributed by atoms with van der Waals surface area (Å²) in [4.78, 5) is 12.3. The van der Waals surface area contributed by atoms with Crippen LogP contribution in [0.15, 0.2) is 35.4 Å². The number of thioether (sulfide) groups is 1. The average molecular weight is 321 g/mol. The van der Waals surface area contributed by atoms with Gasteiger partial charge < -0.3 is 9.84 Å². The van der Waals surface area contributed by atoms with E-state index in [-0.39, 0.29) is 0 Å². The smallest absolute Gasteiger partial charge is 0.328 e. The molecule has 1 heterocycles. The normalized spacial score (nSPS) is 12.1. The van der Waals surface area contributed by atoms with Gasteiger partial charge in [-0.1, -0.05) is 24.6 Å². The molecule has 1 N–H and O–H groups in total. The molecule has 22 heavy (non-hydrogen) atoms. The minimum Gasteiger partial charge on any atom is -0.497 e. The van der Waals surface area contributed by atoms with Crippen LogP contribution in [-0.4, -0.2) is 33.2 Å². The van der Waals surface area contributed by atoms with Gasteiger partial charge in [0.05, 0.1) is 19.0 Å². The number of hydrogen-bond acceptors (Lipinski definition) is 5. The first-order valence-electron chi connectivity index (χ1n) is 7.04. The summed E-state index contributed by atoms with van der Waals surface area (Å²) < 4.78 is 6.62. The van der Waals surface area contributed by atoms with E-state index < -0.39 is 12.0 Å². The van der Waals surface area contributed by atoms with Crippen LogP contribution in [0, 0.1) is 0 Å². The number of methoxy groups -OCH3 is 1. The monoisotopic (exact) mass is 321 g/mol. The van der Waals surface area contributed by atoms with Crippen LogP contribution in [0.5, 0.6) is 5.75 Å². The Morgan fingerprint density at radius 3 is 3.00 bits per heavy atom. The van der Waals surface area contributed by atoms with Gasteiger partial charge in [0.15, 0.2) is 6.04 Å². The highest BCUT2D eigenvalue weighted by Gasteiger charge is 2.20. The van der Waals surface area contributed by atoms with Crippen LogP contribution in [0.4, 0.5) is 0 Å². The van der Waals surface area contributed by atoms with E-state index in [1.807, 2.05) is 31.2 Å². The van der Waals surface area contributed by atoms with E-state index in [4.69, 9.17) is 4.74 Å². The number of hydrogen-bond donors (Lipinski definition) is 1. The Balaban J connectivity index is 2.00. The third kappa shape index (κ3) is 4.24. The summed E-state index contributed by atoms with van der Waals surface area (Å²) in [6.07, 6.45) is 3.04. The second kappa shape index (κ2) is 7.84. The van der Waals surface area contributed by atoms with Crippen molar-refractivity contribution in [2.24, 2.45) is 0 Å². The molecule has 0 fully saturated rings. The predicted molar refractivity (Wildman–Crippen MR) is 84.2 cm³/mol. The summed E-state index contributed by atoms with van der Waals surface area (Å²) in [5, 5.41) is 17.2. The molecule has 1 atom stereocenters. The minimum atomic E-state index is -0.876. The van der Waals surface area contributed by atoms with E-state index in [1.54, 1.807) is 25.1 Å². The maximum Gasteiger partial charge on any atom is 0.328 e. The number of carboxylic acids is 1. The molecule has 0 saturated carbocycles. The summed E-state index contributed by atoms with van der Waals surface area (Å²) in [5.41, 5.74) is 0.759. The Labute approximate surface area is 133 Å². The molecular weight excluding hydrogens is 302 g/mol. The van der Waals surface area contributed by atoms with Gasteiger partial charge in [0.25, 0.3) is 0 Å². The predicted octanol–water partition coefficient (Wildman–Crippen LogP) is 3.00. The first-order valence-corrected chi connectivity index (χ1v) is 8.03. The van der Waals surface area contributed by atoms with E-state index in [2.05, 4.69) is 10.3 Å². The summed E-state index contributed by atoms with van der Waals surface area (Å²) in [6, 6.07) is 7.12. The number of rotatable bonds is 8. The summed E-state index contributed by atoms with van der Waals surface area (Å²) in [7, 11) is 1.63. The van der Waals surface area contributed by atoms with Gasteiger partial charge >= 0.3 is 5.97 Å². The van der Waals surface area contributed by atoms with Crippen LogP contribution in [0.2, 0.25) is 0 Å².